The number of benzene rings is 2. The fourth-order valence-corrected chi connectivity index (χ4v) is 3.97. The zero-order chi connectivity index (χ0) is 18.7. The van der Waals surface area contributed by atoms with Crippen molar-refractivity contribution in [2.24, 2.45) is 0 Å². The fraction of sp³-hybridized carbons (Fsp3) is 0.381. The number of rotatable bonds is 4. The average Bonchev–Trinajstić information content (AvgIpc) is 2.61. The van der Waals surface area contributed by atoms with Crippen LogP contribution in [-0.2, 0) is 6.42 Å². The van der Waals surface area contributed by atoms with E-state index in [1.165, 1.54) is 17.7 Å². The monoisotopic (exact) mass is 374 g/mol. The molecule has 2 aromatic carbocycles. The zero-order valence-electron chi connectivity index (χ0n) is 15.2. The van der Waals surface area contributed by atoms with Gasteiger partial charge in [-0.15, -0.1) is 0 Å². The summed E-state index contributed by atoms with van der Waals surface area (Å²) in [5, 5.41) is 0.168. The van der Waals surface area contributed by atoms with E-state index in [1.54, 1.807) is 11.0 Å². The summed E-state index contributed by atoms with van der Waals surface area (Å²) in [7, 11) is 0. The van der Waals surface area contributed by atoms with Crippen molar-refractivity contribution in [1.82, 2.24) is 9.80 Å². The summed E-state index contributed by atoms with van der Waals surface area (Å²) in [6.07, 6.45) is 0.975. The van der Waals surface area contributed by atoms with E-state index in [4.69, 9.17) is 11.6 Å². The van der Waals surface area contributed by atoms with E-state index in [0.717, 1.165) is 13.0 Å². The Morgan fingerprint density at radius 3 is 2.35 bits per heavy atom. The van der Waals surface area contributed by atoms with Gasteiger partial charge in [0.05, 0.1) is 10.6 Å². The van der Waals surface area contributed by atoms with Crippen molar-refractivity contribution in [3.63, 3.8) is 0 Å². The third kappa shape index (κ3) is 4.08. The van der Waals surface area contributed by atoms with Crippen LogP contribution in [0.25, 0.3) is 0 Å². The van der Waals surface area contributed by atoms with Crippen LogP contribution in [-0.4, -0.2) is 47.4 Å². The second-order valence-electron chi connectivity index (χ2n) is 6.98. The first-order chi connectivity index (χ1) is 12.5. The van der Waals surface area contributed by atoms with Gasteiger partial charge in [-0.25, -0.2) is 4.39 Å². The summed E-state index contributed by atoms with van der Waals surface area (Å²) in [6.45, 7) is 6.31. The SMILES string of the molecule is CC1CN(C(=O)c2c(F)cccc2Cl)CC(C)N1CCc1ccccc1. The molecule has 1 aliphatic heterocycles. The first-order valence-corrected chi connectivity index (χ1v) is 9.38. The number of piperazine rings is 1. The van der Waals surface area contributed by atoms with E-state index in [1.807, 2.05) is 6.07 Å². The van der Waals surface area contributed by atoms with Crippen molar-refractivity contribution in [2.75, 3.05) is 19.6 Å². The highest BCUT2D eigenvalue weighted by atomic mass is 35.5. The van der Waals surface area contributed by atoms with Crippen LogP contribution in [0.4, 0.5) is 4.39 Å². The van der Waals surface area contributed by atoms with Gasteiger partial charge < -0.3 is 4.90 Å². The quantitative estimate of drug-likeness (QED) is 0.798. The van der Waals surface area contributed by atoms with Gasteiger partial charge in [-0.1, -0.05) is 48.0 Å². The van der Waals surface area contributed by atoms with Crippen molar-refractivity contribution in [3.05, 3.63) is 70.5 Å². The molecule has 0 radical (unpaired) electrons. The van der Waals surface area contributed by atoms with Gasteiger partial charge >= 0.3 is 0 Å². The van der Waals surface area contributed by atoms with Crippen LogP contribution in [0.1, 0.15) is 29.8 Å². The van der Waals surface area contributed by atoms with Crippen molar-refractivity contribution in [1.29, 1.82) is 0 Å². The zero-order valence-corrected chi connectivity index (χ0v) is 15.9. The molecule has 1 heterocycles. The van der Waals surface area contributed by atoms with Crippen molar-refractivity contribution in [2.45, 2.75) is 32.4 Å². The number of hydrogen-bond donors (Lipinski definition) is 0. The van der Waals surface area contributed by atoms with E-state index >= 15 is 0 Å². The lowest BCUT2D eigenvalue weighted by atomic mass is 10.0. The average molecular weight is 375 g/mol. The number of nitrogens with zero attached hydrogens (tertiary/aromatic N) is 2. The van der Waals surface area contributed by atoms with Crippen molar-refractivity contribution in [3.8, 4) is 0 Å². The highest BCUT2D eigenvalue weighted by Crippen LogP contribution is 2.24. The number of halogens is 2. The van der Waals surface area contributed by atoms with E-state index in [2.05, 4.69) is 43.0 Å². The summed E-state index contributed by atoms with van der Waals surface area (Å²) < 4.78 is 14.1. The molecule has 2 unspecified atom stereocenters. The lowest BCUT2D eigenvalue weighted by Crippen LogP contribution is -2.58. The molecular weight excluding hydrogens is 351 g/mol. The second kappa shape index (κ2) is 8.19. The van der Waals surface area contributed by atoms with Crippen LogP contribution in [0.15, 0.2) is 48.5 Å². The van der Waals surface area contributed by atoms with Crippen LogP contribution in [0.5, 0.6) is 0 Å². The molecule has 3 nitrogen and oxygen atoms in total. The van der Waals surface area contributed by atoms with E-state index in [0.29, 0.717) is 13.1 Å². The first kappa shape index (κ1) is 18.9. The van der Waals surface area contributed by atoms with Crippen LogP contribution in [0.2, 0.25) is 5.02 Å². The maximum absolute atomic E-state index is 14.1. The number of amides is 1. The van der Waals surface area contributed by atoms with Gasteiger partial charge in [0.2, 0.25) is 0 Å². The van der Waals surface area contributed by atoms with Crippen LogP contribution in [0.3, 0.4) is 0 Å². The highest BCUT2D eigenvalue weighted by molar-refractivity contribution is 6.33. The lowest BCUT2D eigenvalue weighted by Gasteiger charge is -2.44. The maximum Gasteiger partial charge on any atom is 0.258 e. The van der Waals surface area contributed by atoms with Gasteiger partial charge in [-0.2, -0.15) is 0 Å². The van der Waals surface area contributed by atoms with Gasteiger partial charge in [0.25, 0.3) is 5.91 Å². The second-order valence-corrected chi connectivity index (χ2v) is 7.39. The van der Waals surface area contributed by atoms with Crippen LogP contribution < -0.4 is 0 Å². The molecule has 1 amide bonds. The molecular formula is C21H24ClFN2O. The molecule has 2 atom stereocenters. The first-order valence-electron chi connectivity index (χ1n) is 9.00. The Labute approximate surface area is 159 Å². The summed E-state index contributed by atoms with van der Waals surface area (Å²) >= 11 is 6.06. The van der Waals surface area contributed by atoms with E-state index in [-0.39, 0.29) is 28.6 Å². The molecule has 0 aromatic heterocycles. The predicted octanol–water partition coefficient (Wildman–Crippen LogP) is 4.26. The summed E-state index contributed by atoms with van der Waals surface area (Å²) in [6, 6.07) is 15.2. The minimum absolute atomic E-state index is 0.0219. The molecule has 1 saturated heterocycles. The summed E-state index contributed by atoms with van der Waals surface area (Å²) in [4.78, 5) is 16.9. The Bertz CT molecular complexity index is 736. The minimum atomic E-state index is -0.561. The normalized spacial score (nSPS) is 21.0. The molecule has 1 fully saturated rings. The Morgan fingerprint density at radius 1 is 1.08 bits per heavy atom. The molecule has 2 aromatic rings. The molecule has 0 N–H and O–H groups in total. The standard InChI is InChI=1S/C21H24ClFN2O/c1-15-13-24(21(26)20-18(22)9-6-10-19(20)23)14-16(2)25(15)12-11-17-7-4-3-5-8-17/h3-10,15-16H,11-14H2,1-2H3. The Kier molecular flexibility index (Phi) is 5.94. The van der Waals surface area contributed by atoms with Gasteiger partial charge in [0, 0.05) is 31.7 Å². The molecule has 0 saturated carbocycles. The maximum atomic E-state index is 14.1. The Morgan fingerprint density at radius 2 is 1.73 bits per heavy atom. The van der Waals surface area contributed by atoms with Crippen LogP contribution >= 0.6 is 11.6 Å². The molecule has 5 heteroatoms. The van der Waals surface area contributed by atoms with Crippen LogP contribution in [0, 0.1) is 5.82 Å². The van der Waals surface area contributed by atoms with E-state index < -0.39 is 5.82 Å². The number of hydrogen-bond acceptors (Lipinski definition) is 2. The third-order valence-electron chi connectivity index (χ3n) is 5.07. The fourth-order valence-electron chi connectivity index (χ4n) is 3.73. The third-order valence-corrected chi connectivity index (χ3v) is 5.38. The van der Waals surface area contributed by atoms with Gasteiger partial charge in [-0.05, 0) is 38.0 Å². The van der Waals surface area contributed by atoms with Crippen molar-refractivity contribution < 1.29 is 9.18 Å². The summed E-state index contributed by atoms with van der Waals surface area (Å²) in [5.74, 6) is -0.885. The molecule has 0 spiro atoms. The number of carbonyl (C=O) groups excluding carboxylic acids is 1. The molecule has 26 heavy (non-hydrogen) atoms. The van der Waals surface area contributed by atoms with E-state index in [9.17, 15) is 9.18 Å². The molecule has 0 bridgehead atoms. The number of carbonyl (C=O) groups is 1. The van der Waals surface area contributed by atoms with Gasteiger partial charge in [0.1, 0.15) is 5.82 Å². The Balaban J connectivity index is 1.67. The minimum Gasteiger partial charge on any atom is -0.335 e. The topological polar surface area (TPSA) is 23.6 Å². The van der Waals surface area contributed by atoms with Gasteiger partial charge in [0.15, 0.2) is 0 Å². The Hall–Kier alpha value is -1.91. The largest absolute Gasteiger partial charge is 0.335 e. The molecule has 138 valence electrons. The molecule has 0 aliphatic carbocycles. The summed E-state index contributed by atoms with van der Waals surface area (Å²) in [5.41, 5.74) is 1.29. The predicted molar refractivity (Wildman–Crippen MR) is 103 cm³/mol. The molecule has 1 aliphatic rings. The lowest BCUT2D eigenvalue weighted by molar-refractivity contribution is 0.0308. The smallest absolute Gasteiger partial charge is 0.258 e. The van der Waals surface area contributed by atoms with Crippen molar-refractivity contribution >= 4 is 17.5 Å². The molecule has 3 rings (SSSR count). The highest BCUT2D eigenvalue weighted by Gasteiger charge is 2.33. The van der Waals surface area contributed by atoms with Gasteiger partial charge in [-0.3, -0.25) is 9.69 Å².